The number of nitrogens with two attached hydrogens (primary N) is 1. The number of nitrogen functional groups attached to an aromatic ring is 1. The highest BCUT2D eigenvalue weighted by molar-refractivity contribution is 5.41. The van der Waals surface area contributed by atoms with E-state index in [0.717, 1.165) is 18.1 Å². The van der Waals surface area contributed by atoms with E-state index in [1.165, 1.54) is 5.56 Å². The Balaban J connectivity index is 2.08. The molecule has 16 heavy (non-hydrogen) atoms. The van der Waals surface area contributed by atoms with Crippen molar-refractivity contribution in [3.05, 3.63) is 48.4 Å². The van der Waals surface area contributed by atoms with E-state index < -0.39 is 0 Å². The predicted molar refractivity (Wildman–Crippen MR) is 65.0 cm³/mol. The molecular formula is C12H14N4. The molecule has 0 bridgehead atoms. The SMILES string of the molecule is CN(Cc1ccc(N)cc1)c1cnccn1. The van der Waals surface area contributed by atoms with Crippen molar-refractivity contribution >= 4 is 11.5 Å². The van der Waals surface area contributed by atoms with Gasteiger partial charge in [-0.15, -0.1) is 0 Å². The van der Waals surface area contributed by atoms with Crippen molar-refractivity contribution in [2.24, 2.45) is 0 Å². The van der Waals surface area contributed by atoms with E-state index in [-0.39, 0.29) is 0 Å². The second-order valence-electron chi connectivity index (χ2n) is 3.66. The standard InChI is InChI=1S/C12H14N4/c1-16(12-8-14-6-7-15-12)9-10-2-4-11(13)5-3-10/h2-8H,9,13H2,1H3. The van der Waals surface area contributed by atoms with Crippen molar-refractivity contribution in [1.82, 2.24) is 9.97 Å². The fourth-order valence-electron chi connectivity index (χ4n) is 1.47. The van der Waals surface area contributed by atoms with Gasteiger partial charge in [0.25, 0.3) is 0 Å². The second-order valence-corrected chi connectivity index (χ2v) is 3.66. The summed E-state index contributed by atoms with van der Waals surface area (Å²) in [7, 11) is 1.99. The van der Waals surface area contributed by atoms with Crippen LogP contribution in [0.1, 0.15) is 5.56 Å². The van der Waals surface area contributed by atoms with E-state index in [0.29, 0.717) is 0 Å². The molecular weight excluding hydrogens is 200 g/mol. The van der Waals surface area contributed by atoms with Crippen LogP contribution in [0.5, 0.6) is 0 Å². The second kappa shape index (κ2) is 4.61. The molecule has 82 valence electrons. The normalized spacial score (nSPS) is 10.1. The van der Waals surface area contributed by atoms with Crippen LogP contribution in [0.4, 0.5) is 11.5 Å². The number of nitrogens with zero attached hydrogens (tertiary/aromatic N) is 3. The molecule has 1 aromatic carbocycles. The minimum atomic E-state index is 0.783. The van der Waals surface area contributed by atoms with Crippen molar-refractivity contribution in [3.63, 3.8) is 0 Å². The number of rotatable bonds is 3. The van der Waals surface area contributed by atoms with Crippen molar-refractivity contribution in [2.45, 2.75) is 6.54 Å². The number of hydrogen-bond donors (Lipinski definition) is 1. The van der Waals surface area contributed by atoms with Crippen molar-refractivity contribution in [2.75, 3.05) is 17.7 Å². The first-order valence-corrected chi connectivity index (χ1v) is 5.07. The van der Waals surface area contributed by atoms with Crippen LogP contribution >= 0.6 is 0 Å². The van der Waals surface area contributed by atoms with E-state index >= 15 is 0 Å². The first-order chi connectivity index (χ1) is 7.75. The third-order valence-corrected chi connectivity index (χ3v) is 2.34. The molecule has 0 radical (unpaired) electrons. The Kier molecular flexibility index (Phi) is 3.00. The largest absolute Gasteiger partial charge is 0.399 e. The van der Waals surface area contributed by atoms with Gasteiger partial charge in [0.1, 0.15) is 5.82 Å². The summed E-state index contributed by atoms with van der Waals surface area (Å²) in [4.78, 5) is 10.3. The third kappa shape index (κ3) is 2.48. The lowest BCUT2D eigenvalue weighted by atomic mass is 10.2. The van der Waals surface area contributed by atoms with Crippen LogP contribution < -0.4 is 10.6 Å². The van der Waals surface area contributed by atoms with Crippen LogP contribution in [0.3, 0.4) is 0 Å². The van der Waals surface area contributed by atoms with Crippen LogP contribution in [0.15, 0.2) is 42.9 Å². The smallest absolute Gasteiger partial charge is 0.147 e. The lowest BCUT2D eigenvalue weighted by molar-refractivity contribution is 0.890. The summed E-state index contributed by atoms with van der Waals surface area (Å²) >= 11 is 0. The van der Waals surface area contributed by atoms with Gasteiger partial charge in [-0.05, 0) is 17.7 Å². The monoisotopic (exact) mass is 214 g/mol. The van der Waals surface area contributed by atoms with Gasteiger partial charge >= 0.3 is 0 Å². The minimum Gasteiger partial charge on any atom is -0.399 e. The molecule has 0 aliphatic heterocycles. The van der Waals surface area contributed by atoms with Crippen molar-refractivity contribution < 1.29 is 0 Å². The van der Waals surface area contributed by atoms with E-state index in [2.05, 4.69) is 9.97 Å². The Bertz CT molecular complexity index is 438. The third-order valence-electron chi connectivity index (χ3n) is 2.34. The Morgan fingerprint density at radius 3 is 2.56 bits per heavy atom. The summed E-state index contributed by atoms with van der Waals surface area (Å²) in [6, 6.07) is 7.84. The lowest BCUT2D eigenvalue weighted by Gasteiger charge is -2.17. The Morgan fingerprint density at radius 2 is 1.94 bits per heavy atom. The maximum atomic E-state index is 5.63. The molecule has 2 N–H and O–H groups in total. The fourth-order valence-corrected chi connectivity index (χ4v) is 1.47. The van der Waals surface area contributed by atoms with Gasteiger partial charge in [0.2, 0.25) is 0 Å². The van der Waals surface area contributed by atoms with Crippen LogP contribution in [0.2, 0.25) is 0 Å². The number of hydrogen-bond acceptors (Lipinski definition) is 4. The molecule has 0 saturated carbocycles. The Morgan fingerprint density at radius 1 is 1.19 bits per heavy atom. The molecule has 4 nitrogen and oxygen atoms in total. The summed E-state index contributed by atoms with van der Waals surface area (Å²) in [6.45, 7) is 0.791. The van der Waals surface area contributed by atoms with Crippen LogP contribution in [0, 0.1) is 0 Å². The molecule has 1 heterocycles. The molecule has 1 aromatic heterocycles. The molecule has 0 fully saturated rings. The topological polar surface area (TPSA) is 55.0 Å². The quantitative estimate of drug-likeness (QED) is 0.790. The van der Waals surface area contributed by atoms with E-state index in [9.17, 15) is 0 Å². The lowest BCUT2D eigenvalue weighted by Crippen LogP contribution is -2.17. The summed E-state index contributed by atoms with van der Waals surface area (Å²) in [5, 5.41) is 0. The Labute approximate surface area is 94.8 Å². The first kappa shape index (κ1) is 10.4. The average molecular weight is 214 g/mol. The molecule has 0 aliphatic carbocycles. The van der Waals surface area contributed by atoms with Crippen molar-refractivity contribution in [1.29, 1.82) is 0 Å². The zero-order valence-corrected chi connectivity index (χ0v) is 9.17. The minimum absolute atomic E-state index is 0.783. The van der Waals surface area contributed by atoms with Crippen LogP contribution in [0.25, 0.3) is 0 Å². The molecule has 0 saturated heterocycles. The zero-order chi connectivity index (χ0) is 11.4. The van der Waals surface area contributed by atoms with Gasteiger partial charge < -0.3 is 10.6 Å². The molecule has 0 spiro atoms. The maximum Gasteiger partial charge on any atom is 0.147 e. The van der Waals surface area contributed by atoms with Crippen molar-refractivity contribution in [3.8, 4) is 0 Å². The molecule has 2 aromatic rings. The van der Waals surface area contributed by atoms with Crippen LogP contribution in [-0.2, 0) is 6.54 Å². The average Bonchev–Trinajstić information content (AvgIpc) is 2.33. The van der Waals surface area contributed by atoms with E-state index in [1.54, 1.807) is 18.6 Å². The first-order valence-electron chi connectivity index (χ1n) is 5.07. The summed E-state index contributed by atoms with van der Waals surface area (Å²) in [6.07, 6.45) is 5.10. The molecule has 4 heteroatoms. The van der Waals surface area contributed by atoms with Gasteiger partial charge in [0.15, 0.2) is 0 Å². The molecule has 0 atom stereocenters. The summed E-state index contributed by atoms with van der Waals surface area (Å²) in [5.74, 6) is 0.860. The van der Waals surface area contributed by atoms with Gasteiger partial charge in [0.05, 0.1) is 6.20 Å². The number of benzene rings is 1. The van der Waals surface area contributed by atoms with Gasteiger partial charge in [-0.2, -0.15) is 0 Å². The molecule has 2 rings (SSSR count). The number of anilines is 2. The van der Waals surface area contributed by atoms with E-state index in [4.69, 9.17) is 5.73 Å². The predicted octanol–water partition coefficient (Wildman–Crippen LogP) is 1.70. The summed E-state index contributed by atoms with van der Waals surface area (Å²) < 4.78 is 0. The highest BCUT2D eigenvalue weighted by Crippen LogP contribution is 2.12. The highest BCUT2D eigenvalue weighted by atomic mass is 15.2. The molecule has 0 unspecified atom stereocenters. The Hall–Kier alpha value is -2.10. The fraction of sp³-hybridized carbons (Fsp3) is 0.167. The summed E-state index contributed by atoms with van der Waals surface area (Å²) in [5.41, 5.74) is 7.61. The zero-order valence-electron chi connectivity index (χ0n) is 9.17. The van der Waals surface area contributed by atoms with E-state index in [1.807, 2.05) is 36.2 Å². The van der Waals surface area contributed by atoms with Gasteiger partial charge in [-0.3, -0.25) is 4.98 Å². The van der Waals surface area contributed by atoms with Gasteiger partial charge in [-0.1, -0.05) is 12.1 Å². The highest BCUT2D eigenvalue weighted by Gasteiger charge is 2.02. The number of aromatic nitrogens is 2. The van der Waals surface area contributed by atoms with Gasteiger partial charge in [-0.25, -0.2) is 4.98 Å². The van der Waals surface area contributed by atoms with Crippen LogP contribution in [-0.4, -0.2) is 17.0 Å². The maximum absolute atomic E-state index is 5.63. The van der Waals surface area contributed by atoms with Gasteiger partial charge in [0, 0.05) is 31.7 Å². The molecule has 0 aliphatic rings. The molecule has 0 amide bonds.